The van der Waals surface area contributed by atoms with Crippen LogP contribution in [0.4, 0.5) is 4.79 Å². The fourth-order valence-electron chi connectivity index (χ4n) is 1.07. The fraction of sp³-hybridized carbons (Fsp3) is 0.800. The van der Waals surface area contributed by atoms with Gasteiger partial charge in [0, 0.05) is 12.8 Å². The second kappa shape index (κ2) is 5.62. The summed E-state index contributed by atoms with van der Waals surface area (Å²) >= 11 is 0. The van der Waals surface area contributed by atoms with E-state index < -0.39 is 11.7 Å². The molecule has 0 bridgehead atoms. The van der Waals surface area contributed by atoms with Crippen molar-refractivity contribution in [1.82, 2.24) is 0 Å². The molecule has 1 fully saturated rings. The lowest BCUT2D eigenvalue weighted by molar-refractivity contribution is -0.117. The minimum absolute atomic E-state index is 0.453. The predicted octanol–water partition coefficient (Wildman–Crippen LogP) is 2.01. The summed E-state index contributed by atoms with van der Waals surface area (Å²) in [6.07, 6.45) is 3.25. The Hall–Kier alpha value is -1.06. The van der Waals surface area contributed by atoms with Gasteiger partial charge < -0.3 is 10.5 Å². The summed E-state index contributed by atoms with van der Waals surface area (Å²) in [6.45, 7) is 5.28. The second-order valence-corrected chi connectivity index (χ2v) is 4.28. The van der Waals surface area contributed by atoms with Gasteiger partial charge in [0.1, 0.15) is 11.4 Å². The normalized spacial score (nSPS) is 15.8. The van der Waals surface area contributed by atoms with Crippen LogP contribution in [0.1, 0.15) is 46.5 Å². The number of primary amides is 1. The lowest BCUT2D eigenvalue weighted by Gasteiger charge is -2.16. The standard InChI is InChI=1S/C5H11NO2.C5H8O/c1-5(2,3)8-4(6)7;6-5-3-1-2-4-5/h1-3H3,(H2,6,7);1-4H2. The SMILES string of the molecule is CC(C)(C)OC(N)=O.O=C1CCCC1. The van der Waals surface area contributed by atoms with Crippen molar-refractivity contribution in [3.05, 3.63) is 0 Å². The van der Waals surface area contributed by atoms with Gasteiger partial charge in [0.25, 0.3) is 0 Å². The van der Waals surface area contributed by atoms with Crippen molar-refractivity contribution in [2.75, 3.05) is 0 Å². The number of amides is 1. The number of carbonyl (C=O) groups is 2. The van der Waals surface area contributed by atoms with Gasteiger partial charge in [0.05, 0.1) is 0 Å². The fourth-order valence-corrected chi connectivity index (χ4v) is 1.07. The summed E-state index contributed by atoms with van der Waals surface area (Å²) < 4.78 is 4.58. The first kappa shape index (κ1) is 12.9. The van der Waals surface area contributed by atoms with E-state index in [0.717, 1.165) is 25.7 Å². The molecule has 0 radical (unpaired) electrons. The first-order chi connectivity index (χ1) is 6.31. The molecule has 1 rings (SSSR count). The third kappa shape index (κ3) is 9.03. The van der Waals surface area contributed by atoms with Gasteiger partial charge in [0.15, 0.2) is 0 Å². The van der Waals surface area contributed by atoms with Gasteiger partial charge in [-0.3, -0.25) is 4.79 Å². The summed E-state index contributed by atoms with van der Waals surface area (Å²) in [5, 5.41) is 0. The van der Waals surface area contributed by atoms with Gasteiger partial charge in [-0.1, -0.05) is 0 Å². The molecule has 82 valence electrons. The van der Waals surface area contributed by atoms with E-state index in [1.165, 1.54) is 0 Å². The number of ether oxygens (including phenoxy) is 1. The number of hydrogen-bond acceptors (Lipinski definition) is 3. The minimum atomic E-state index is -0.725. The molecule has 0 unspecified atom stereocenters. The Morgan fingerprint density at radius 2 is 1.71 bits per heavy atom. The van der Waals surface area contributed by atoms with Crippen LogP contribution in [0.25, 0.3) is 0 Å². The van der Waals surface area contributed by atoms with E-state index in [4.69, 9.17) is 5.73 Å². The molecule has 0 heterocycles. The Labute approximate surface area is 84.8 Å². The molecule has 0 atom stereocenters. The van der Waals surface area contributed by atoms with Crippen LogP contribution in [0.3, 0.4) is 0 Å². The van der Waals surface area contributed by atoms with E-state index >= 15 is 0 Å². The molecule has 14 heavy (non-hydrogen) atoms. The average molecular weight is 201 g/mol. The Kier molecular flexibility index (Phi) is 5.20. The quantitative estimate of drug-likeness (QED) is 0.651. The molecule has 4 nitrogen and oxygen atoms in total. The zero-order valence-electron chi connectivity index (χ0n) is 9.13. The summed E-state index contributed by atoms with van der Waals surface area (Å²) in [7, 11) is 0. The largest absolute Gasteiger partial charge is 0.444 e. The molecule has 0 aromatic heterocycles. The van der Waals surface area contributed by atoms with E-state index in [2.05, 4.69) is 4.74 Å². The summed E-state index contributed by atoms with van der Waals surface area (Å²) in [5.74, 6) is 0.454. The maximum absolute atomic E-state index is 10.2. The molecule has 0 aromatic rings. The monoisotopic (exact) mass is 201 g/mol. The van der Waals surface area contributed by atoms with E-state index in [-0.39, 0.29) is 0 Å². The van der Waals surface area contributed by atoms with Crippen LogP contribution in [-0.4, -0.2) is 17.5 Å². The summed E-state index contributed by atoms with van der Waals surface area (Å²) in [5.41, 5.74) is 4.26. The van der Waals surface area contributed by atoms with Gasteiger partial charge in [0.2, 0.25) is 0 Å². The van der Waals surface area contributed by atoms with E-state index in [1.54, 1.807) is 20.8 Å². The first-order valence-electron chi connectivity index (χ1n) is 4.81. The van der Waals surface area contributed by atoms with E-state index in [1.807, 2.05) is 0 Å². The van der Waals surface area contributed by atoms with E-state index in [0.29, 0.717) is 5.78 Å². The van der Waals surface area contributed by atoms with Gasteiger partial charge in [-0.2, -0.15) is 0 Å². The molecule has 1 amide bonds. The van der Waals surface area contributed by atoms with Crippen molar-refractivity contribution in [2.45, 2.75) is 52.1 Å². The lowest BCUT2D eigenvalue weighted by Crippen LogP contribution is -2.27. The predicted molar refractivity (Wildman–Crippen MR) is 53.9 cm³/mol. The highest BCUT2D eigenvalue weighted by Gasteiger charge is 2.12. The van der Waals surface area contributed by atoms with Crippen molar-refractivity contribution in [2.24, 2.45) is 5.73 Å². The van der Waals surface area contributed by atoms with Crippen molar-refractivity contribution in [1.29, 1.82) is 0 Å². The molecular weight excluding hydrogens is 182 g/mol. The van der Waals surface area contributed by atoms with Crippen LogP contribution in [-0.2, 0) is 9.53 Å². The van der Waals surface area contributed by atoms with Crippen molar-refractivity contribution in [3.63, 3.8) is 0 Å². The van der Waals surface area contributed by atoms with Crippen molar-refractivity contribution in [3.8, 4) is 0 Å². The summed E-state index contributed by atoms with van der Waals surface area (Å²) in [6, 6.07) is 0. The molecule has 0 spiro atoms. The third-order valence-corrected chi connectivity index (χ3v) is 1.57. The summed E-state index contributed by atoms with van der Waals surface area (Å²) in [4.78, 5) is 20.3. The number of carbonyl (C=O) groups excluding carboxylic acids is 2. The van der Waals surface area contributed by atoms with Crippen molar-refractivity contribution >= 4 is 11.9 Å². The topological polar surface area (TPSA) is 69.4 Å². The van der Waals surface area contributed by atoms with Gasteiger partial charge in [-0.15, -0.1) is 0 Å². The Morgan fingerprint density at radius 1 is 1.29 bits per heavy atom. The molecule has 1 saturated carbocycles. The molecule has 4 heteroatoms. The van der Waals surface area contributed by atoms with E-state index in [9.17, 15) is 9.59 Å². The number of Topliss-reactive ketones (excluding diaryl/α,β-unsaturated/α-hetero) is 1. The first-order valence-corrected chi connectivity index (χ1v) is 4.81. The minimum Gasteiger partial charge on any atom is -0.444 e. The average Bonchev–Trinajstić information content (AvgIpc) is 2.34. The van der Waals surface area contributed by atoms with Crippen LogP contribution in [0.5, 0.6) is 0 Å². The maximum atomic E-state index is 10.2. The molecule has 1 aliphatic carbocycles. The zero-order valence-corrected chi connectivity index (χ0v) is 9.13. The number of nitrogens with two attached hydrogens (primary N) is 1. The van der Waals surface area contributed by atoms with Crippen LogP contribution < -0.4 is 5.73 Å². The van der Waals surface area contributed by atoms with Crippen LogP contribution >= 0.6 is 0 Å². The Balaban J connectivity index is 0.000000249. The van der Waals surface area contributed by atoms with Crippen LogP contribution in [0, 0.1) is 0 Å². The highest BCUT2D eigenvalue weighted by Crippen LogP contribution is 2.11. The van der Waals surface area contributed by atoms with Crippen molar-refractivity contribution < 1.29 is 14.3 Å². The second-order valence-electron chi connectivity index (χ2n) is 4.28. The smallest absolute Gasteiger partial charge is 0.405 e. The number of ketones is 1. The molecule has 0 saturated heterocycles. The highest BCUT2D eigenvalue weighted by atomic mass is 16.6. The molecule has 2 N–H and O–H groups in total. The Bertz CT molecular complexity index is 198. The highest BCUT2D eigenvalue weighted by molar-refractivity contribution is 5.80. The van der Waals surface area contributed by atoms with Gasteiger partial charge >= 0.3 is 6.09 Å². The number of hydrogen-bond donors (Lipinski definition) is 1. The van der Waals surface area contributed by atoms with Crippen LogP contribution in [0.15, 0.2) is 0 Å². The Morgan fingerprint density at radius 3 is 1.79 bits per heavy atom. The number of rotatable bonds is 0. The van der Waals surface area contributed by atoms with Crippen LogP contribution in [0.2, 0.25) is 0 Å². The molecular formula is C10H19NO3. The molecule has 0 aliphatic heterocycles. The van der Waals surface area contributed by atoms with Gasteiger partial charge in [-0.25, -0.2) is 4.79 Å². The molecule has 0 aromatic carbocycles. The maximum Gasteiger partial charge on any atom is 0.405 e. The third-order valence-electron chi connectivity index (χ3n) is 1.57. The van der Waals surface area contributed by atoms with Gasteiger partial charge in [-0.05, 0) is 33.6 Å². The molecule has 1 aliphatic rings. The lowest BCUT2D eigenvalue weighted by atomic mass is 10.2. The zero-order chi connectivity index (χ0) is 11.2.